The maximum absolute atomic E-state index is 12.5. The summed E-state index contributed by atoms with van der Waals surface area (Å²) in [5, 5.41) is 18.0. The normalized spacial score (nSPS) is 12.5. The zero-order chi connectivity index (χ0) is 9.84. The van der Waals surface area contributed by atoms with Crippen LogP contribution in [0.3, 0.4) is 0 Å². The van der Waals surface area contributed by atoms with Crippen molar-refractivity contribution in [1.29, 1.82) is 5.41 Å². The van der Waals surface area contributed by atoms with Gasteiger partial charge in [-0.15, -0.1) is 11.3 Å². The van der Waals surface area contributed by atoms with Gasteiger partial charge < -0.3 is 9.84 Å². The molecular weight excluding hydrogens is 193 g/mol. The van der Waals surface area contributed by atoms with E-state index in [2.05, 4.69) is 0 Å². The van der Waals surface area contributed by atoms with Crippen LogP contribution in [0.5, 0.6) is 0 Å². The third-order valence-electron chi connectivity index (χ3n) is 1.41. The summed E-state index contributed by atoms with van der Waals surface area (Å²) in [5.41, 5.74) is 0. The second kappa shape index (κ2) is 4.34. The number of halogens is 1. The molecule has 0 saturated heterocycles. The highest BCUT2D eigenvalue weighted by Gasteiger charge is 2.16. The molecule has 1 rings (SSSR count). The van der Waals surface area contributed by atoms with Gasteiger partial charge in [-0.25, -0.2) is 4.39 Å². The summed E-state index contributed by atoms with van der Waals surface area (Å²) in [7, 11) is 0. The third kappa shape index (κ3) is 2.50. The van der Waals surface area contributed by atoms with Crippen molar-refractivity contribution in [2.75, 3.05) is 6.61 Å². The molecule has 0 bridgehead atoms. The molecule has 0 aromatic carbocycles. The lowest BCUT2D eigenvalue weighted by atomic mass is 10.3. The molecule has 72 valence electrons. The molecular formula is C8H10FNO2S. The first-order valence-corrected chi connectivity index (χ1v) is 4.66. The molecule has 13 heavy (non-hydrogen) atoms. The van der Waals surface area contributed by atoms with Crippen LogP contribution in [0.15, 0.2) is 11.4 Å². The zero-order valence-electron chi connectivity index (χ0n) is 7.08. The number of aliphatic hydroxyl groups is 1. The topological polar surface area (TPSA) is 53.3 Å². The highest BCUT2D eigenvalue weighted by molar-refractivity contribution is 7.10. The van der Waals surface area contributed by atoms with Crippen molar-refractivity contribution >= 4 is 17.2 Å². The van der Waals surface area contributed by atoms with Crippen LogP contribution in [0.2, 0.25) is 0 Å². The molecule has 0 radical (unpaired) electrons. The van der Waals surface area contributed by atoms with Crippen molar-refractivity contribution in [2.24, 2.45) is 0 Å². The molecule has 1 aromatic heterocycles. The highest BCUT2D eigenvalue weighted by atomic mass is 32.1. The molecule has 1 unspecified atom stereocenters. The van der Waals surface area contributed by atoms with Crippen LogP contribution in [0.1, 0.15) is 17.9 Å². The third-order valence-corrected chi connectivity index (χ3v) is 2.36. The lowest BCUT2D eigenvalue weighted by Gasteiger charge is -2.09. The van der Waals surface area contributed by atoms with E-state index in [0.717, 1.165) is 11.3 Å². The standard InChI is InChI=1S/C8H10FNO2S/c1-2-12-8(10)7(11)6-3-5(9)4-13-6/h3-4,7,10-11H,2H2,1H3. The van der Waals surface area contributed by atoms with Crippen LogP contribution in [-0.4, -0.2) is 17.6 Å². The molecule has 0 saturated carbocycles. The average Bonchev–Trinajstić information content (AvgIpc) is 2.51. The van der Waals surface area contributed by atoms with E-state index in [4.69, 9.17) is 10.1 Å². The SMILES string of the molecule is CCOC(=N)C(O)c1cc(F)cs1. The van der Waals surface area contributed by atoms with Crippen molar-refractivity contribution in [1.82, 2.24) is 0 Å². The minimum Gasteiger partial charge on any atom is -0.479 e. The summed E-state index contributed by atoms with van der Waals surface area (Å²) in [6, 6.07) is 1.20. The fraction of sp³-hybridized carbons (Fsp3) is 0.375. The van der Waals surface area contributed by atoms with Gasteiger partial charge in [-0.2, -0.15) is 0 Å². The Labute approximate surface area is 79.3 Å². The van der Waals surface area contributed by atoms with E-state index >= 15 is 0 Å². The minimum atomic E-state index is -1.14. The van der Waals surface area contributed by atoms with Crippen LogP contribution in [-0.2, 0) is 4.74 Å². The minimum absolute atomic E-state index is 0.246. The number of nitrogens with one attached hydrogen (secondary N) is 1. The molecule has 0 spiro atoms. The summed E-state index contributed by atoms with van der Waals surface area (Å²) in [4.78, 5) is 0.385. The van der Waals surface area contributed by atoms with Gasteiger partial charge in [0.1, 0.15) is 5.82 Å². The second-order valence-corrected chi connectivity index (χ2v) is 3.31. The molecule has 0 aliphatic rings. The monoisotopic (exact) mass is 203 g/mol. The van der Waals surface area contributed by atoms with Gasteiger partial charge in [-0.05, 0) is 13.0 Å². The number of rotatable bonds is 3. The molecule has 1 aromatic rings. The Bertz CT molecular complexity index is 300. The molecule has 0 aliphatic carbocycles. The van der Waals surface area contributed by atoms with Gasteiger partial charge in [0.15, 0.2) is 6.10 Å². The Morgan fingerprint density at radius 1 is 1.85 bits per heavy atom. The van der Waals surface area contributed by atoms with E-state index in [1.165, 1.54) is 11.4 Å². The molecule has 3 nitrogen and oxygen atoms in total. The lowest BCUT2D eigenvalue weighted by molar-refractivity contribution is 0.193. The number of hydrogen-bond donors (Lipinski definition) is 2. The first-order valence-electron chi connectivity index (χ1n) is 3.78. The Morgan fingerprint density at radius 2 is 2.54 bits per heavy atom. The van der Waals surface area contributed by atoms with Gasteiger partial charge in [0.25, 0.3) is 0 Å². The first kappa shape index (κ1) is 10.1. The van der Waals surface area contributed by atoms with Crippen molar-refractivity contribution in [2.45, 2.75) is 13.0 Å². The van der Waals surface area contributed by atoms with Crippen molar-refractivity contribution < 1.29 is 14.2 Å². The molecule has 1 atom stereocenters. The molecule has 2 N–H and O–H groups in total. The Morgan fingerprint density at radius 3 is 3.00 bits per heavy atom. The van der Waals surface area contributed by atoms with Gasteiger partial charge >= 0.3 is 0 Å². The van der Waals surface area contributed by atoms with Crippen LogP contribution in [0.25, 0.3) is 0 Å². The van der Waals surface area contributed by atoms with Crippen LogP contribution < -0.4 is 0 Å². The van der Waals surface area contributed by atoms with Gasteiger partial charge in [0.05, 0.1) is 6.61 Å². The second-order valence-electron chi connectivity index (χ2n) is 2.37. The summed E-state index contributed by atoms with van der Waals surface area (Å²) in [6.45, 7) is 2.04. The van der Waals surface area contributed by atoms with E-state index in [1.807, 2.05) is 0 Å². The van der Waals surface area contributed by atoms with E-state index in [1.54, 1.807) is 6.92 Å². The Kier molecular flexibility index (Phi) is 3.39. The Hall–Kier alpha value is -0.940. The predicted molar refractivity (Wildman–Crippen MR) is 48.6 cm³/mol. The zero-order valence-corrected chi connectivity index (χ0v) is 7.90. The lowest BCUT2D eigenvalue weighted by Crippen LogP contribution is -2.13. The van der Waals surface area contributed by atoms with E-state index in [-0.39, 0.29) is 5.90 Å². The van der Waals surface area contributed by atoms with Crippen molar-refractivity contribution in [3.8, 4) is 0 Å². The van der Waals surface area contributed by atoms with Gasteiger partial charge in [-0.3, -0.25) is 5.41 Å². The predicted octanol–water partition coefficient (Wildman–Crippen LogP) is 1.93. The van der Waals surface area contributed by atoms with Gasteiger partial charge in [-0.1, -0.05) is 0 Å². The maximum Gasteiger partial charge on any atom is 0.215 e. The van der Waals surface area contributed by atoms with Crippen LogP contribution in [0.4, 0.5) is 4.39 Å². The largest absolute Gasteiger partial charge is 0.479 e. The van der Waals surface area contributed by atoms with E-state index in [9.17, 15) is 9.50 Å². The Balaban J connectivity index is 2.67. The van der Waals surface area contributed by atoms with Crippen molar-refractivity contribution in [3.05, 3.63) is 22.1 Å². The van der Waals surface area contributed by atoms with Gasteiger partial charge in [0, 0.05) is 10.3 Å². The summed E-state index contributed by atoms with van der Waals surface area (Å²) >= 11 is 1.07. The fourth-order valence-electron chi connectivity index (χ4n) is 0.835. The summed E-state index contributed by atoms with van der Waals surface area (Å²) < 4.78 is 17.3. The van der Waals surface area contributed by atoms with Crippen molar-refractivity contribution in [3.63, 3.8) is 0 Å². The number of aliphatic hydroxyl groups excluding tert-OH is 1. The maximum atomic E-state index is 12.5. The molecule has 1 heterocycles. The van der Waals surface area contributed by atoms with E-state index in [0.29, 0.717) is 11.5 Å². The highest BCUT2D eigenvalue weighted by Crippen LogP contribution is 2.22. The number of thiophene rings is 1. The average molecular weight is 203 g/mol. The summed E-state index contributed by atoms with van der Waals surface area (Å²) in [6.07, 6.45) is -1.14. The molecule has 0 fully saturated rings. The quantitative estimate of drug-likeness (QED) is 0.582. The molecule has 5 heteroatoms. The van der Waals surface area contributed by atoms with E-state index < -0.39 is 11.9 Å². The number of hydrogen-bond acceptors (Lipinski definition) is 4. The summed E-state index contributed by atoms with van der Waals surface area (Å²) in [5.74, 6) is -0.646. The molecule has 0 amide bonds. The van der Waals surface area contributed by atoms with Crippen LogP contribution in [0, 0.1) is 11.2 Å². The fourth-order valence-corrected chi connectivity index (χ4v) is 1.57. The van der Waals surface area contributed by atoms with Crippen LogP contribution >= 0.6 is 11.3 Å². The molecule has 0 aliphatic heterocycles. The van der Waals surface area contributed by atoms with Gasteiger partial charge in [0.2, 0.25) is 5.90 Å². The smallest absolute Gasteiger partial charge is 0.215 e. The number of ether oxygens (including phenoxy) is 1. The first-order chi connectivity index (χ1) is 6.15.